The van der Waals surface area contributed by atoms with Crippen LogP contribution in [0, 0.1) is 0 Å². The summed E-state index contributed by atoms with van der Waals surface area (Å²) in [6, 6.07) is 12.2. The van der Waals surface area contributed by atoms with Crippen molar-refractivity contribution in [3.63, 3.8) is 0 Å². The van der Waals surface area contributed by atoms with E-state index in [1.54, 1.807) is 43.5 Å². The maximum absolute atomic E-state index is 12.3. The van der Waals surface area contributed by atoms with Gasteiger partial charge in [-0.25, -0.2) is 0 Å². The Labute approximate surface area is 141 Å². The van der Waals surface area contributed by atoms with Gasteiger partial charge in [0.2, 0.25) is 5.91 Å². The van der Waals surface area contributed by atoms with Gasteiger partial charge in [-0.05, 0) is 48.4 Å². The van der Waals surface area contributed by atoms with E-state index >= 15 is 0 Å². The van der Waals surface area contributed by atoms with Crippen molar-refractivity contribution in [2.24, 2.45) is 5.73 Å². The Kier molecular flexibility index (Phi) is 5.92. The van der Waals surface area contributed by atoms with Crippen LogP contribution >= 0.6 is 0 Å². The van der Waals surface area contributed by atoms with Crippen molar-refractivity contribution in [1.29, 1.82) is 0 Å². The van der Waals surface area contributed by atoms with Crippen molar-refractivity contribution in [1.82, 2.24) is 0 Å². The van der Waals surface area contributed by atoms with E-state index < -0.39 is 0 Å². The summed E-state index contributed by atoms with van der Waals surface area (Å²) in [5.74, 6) is 0.173. The number of ether oxygens (including phenoxy) is 1. The third-order valence-electron chi connectivity index (χ3n) is 3.56. The molecule has 0 aliphatic carbocycles. The zero-order valence-electron chi connectivity index (χ0n) is 13.8. The number of anilines is 2. The third-order valence-corrected chi connectivity index (χ3v) is 3.56. The summed E-state index contributed by atoms with van der Waals surface area (Å²) >= 11 is 0. The highest BCUT2D eigenvalue weighted by molar-refractivity contribution is 6.05. The minimum atomic E-state index is -0.275. The molecule has 2 aromatic carbocycles. The number of benzene rings is 2. The number of nitrogens with one attached hydrogen (secondary N) is 2. The zero-order valence-corrected chi connectivity index (χ0v) is 13.8. The summed E-state index contributed by atoms with van der Waals surface area (Å²) in [4.78, 5) is 23.8. The fourth-order valence-corrected chi connectivity index (χ4v) is 2.23. The second kappa shape index (κ2) is 8.12. The van der Waals surface area contributed by atoms with Crippen molar-refractivity contribution in [2.75, 3.05) is 24.3 Å². The normalized spacial score (nSPS) is 10.1. The lowest BCUT2D eigenvalue weighted by Crippen LogP contribution is -2.22. The molecule has 0 fully saturated rings. The molecular formula is C18H21N3O3. The number of methoxy groups -OCH3 is 1. The van der Waals surface area contributed by atoms with Gasteiger partial charge in [0.25, 0.3) is 5.91 Å². The molecule has 0 atom stereocenters. The van der Waals surface area contributed by atoms with Gasteiger partial charge >= 0.3 is 0 Å². The van der Waals surface area contributed by atoms with Gasteiger partial charge in [0.15, 0.2) is 0 Å². The summed E-state index contributed by atoms with van der Waals surface area (Å²) in [7, 11) is 1.57. The highest BCUT2D eigenvalue weighted by Gasteiger charge is 2.10. The summed E-state index contributed by atoms with van der Waals surface area (Å²) in [5.41, 5.74) is 8.08. The van der Waals surface area contributed by atoms with Crippen LogP contribution in [-0.4, -0.2) is 25.5 Å². The first-order valence-electron chi connectivity index (χ1n) is 7.65. The van der Waals surface area contributed by atoms with Gasteiger partial charge in [0.05, 0.1) is 13.7 Å². The van der Waals surface area contributed by atoms with E-state index in [1.807, 2.05) is 13.0 Å². The zero-order chi connectivity index (χ0) is 17.5. The maximum atomic E-state index is 12.3. The first kappa shape index (κ1) is 17.5. The predicted octanol–water partition coefficient (Wildman–Crippen LogP) is 2.41. The number of amides is 2. The summed E-state index contributed by atoms with van der Waals surface area (Å²) in [5, 5.41) is 5.56. The van der Waals surface area contributed by atoms with Crippen LogP contribution < -0.4 is 21.1 Å². The molecule has 2 aromatic rings. The molecule has 2 rings (SSSR count). The van der Waals surface area contributed by atoms with Crippen LogP contribution in [0.4, 0.5) is 11.4 Å². The van der Waals surface area contributed by atoms with Crippen molar-refractivity contribution >= 4 is 23.2 Å². The molecule has 0 saturated carbocycles. The van der Waals surface area contributed by atoms with Gasteiger partial charge in [-0.1, -0.05) is 13.0 Å². The highest BCUT2D eigenvalue weighted by atomic mass is 16.5. The fraction of sp³-hybridized carbons (Fsp3) is 0.222. The molecule has 126 valence electrons. The second-order valence-corrected chi connectivity index (χ2v) is 5.16. The standard InChI is InChI=1S/C18H21N3O3/c1-3-12-4-7-14(10-16(12)21-17(22)11-19)20-18(23)13-5-8-15(24-2)9-6-13/h4-10H,3,11,19H2,1-2H3,(H,20,23)(H,21,22). The number of carbonyl (C=O) groups excluding carboxylic acids is 2. The monoisotopic (exact) mass is 327 g/mol. The highest BCUT2D eigenvalue weighted by Crippen LogP contribution is 2.22. The van der Waals surface area contributed by atoms with Crippen LogP contribution in [0.25, 0.3) is 0 Å². The van der Waals surface area contributed by atoms with Crippen LogP contribution in [0.15, 0.2) is 42.5 Å². The molecule has 24 heavy (non-hydrogen) atoms. The minimum absolute atomic E-state index is 0.0917. The molecular weight excluding hydrogens is 306 g/mol. The lowest BCUT2D eigenvalue weighted by Gasteiger charge is -2.12. The Balaban J connectivity index is 2.17. The van der Waals surface area contributed by atoms with Crippen molar-refractivity contribution in [3.8, 4) is 5.75 Å². The van der Waals surface area contributed by atoms with Crippen molar-refractivity contribution in [2.45, 2.75) is 13.3 Å². The average molecular weight is 327 g/mol. The summed E-state index contributed by atoms with van der Waals surface area (Å²) in [6.45, 7) is 1.90. The molecule has 6 heteroatoms. The Morgan fingerprint density at radius 3 is 2.38 bits per heavy atom. The van der Waals surface area contributed by atoms with E-state index in [1.165, 1.54) is 0 Å². The van der Waals surface area contributed by atoms with Crippen LogP contribution in [0.3, 0.4) is 0 Å². The predicted molar refractivity (Wildman–Crippen MR) is 94.5 cm³/mol. The van der Waals surface area contributed by atoms with E-state index in [4.69, 9.17) is 10.5 Å². The topological polar surface area (TPSA) is 93.5 Å². The molecule has 0 spiro atoms. The number of rotatable bonds is 6. The molecule has 0 aliphatic rings. The van der Waals surface area contributed by atoms with Gasteiger partial charge in [0.1, 0.15) is 5.75 Å². The number of hydrogen-bond acceptors (Lipinski definition) is 4. The van der Waals surface area contributed by atoms with E-state index in [9.17, 15) is 9.59 Å². The molecule has 0 heterocycles. The largest absolute Gasteiger partial charge is 0.497 e. The molecule has 0 unspecified atom stereocenters. The van der Waals surface area contributed by atoms with Crippen molar-refractivity contribution in [3.05, 3.63) is 53.6 Å². The van der Waals surface area contributed by atoms with Crippen molar-refractivity contribution < 1.29 is 14.3 Å². The lowest BCUT2D eigenvalue weighted by molar-refractivity contribution is -0.114. The molecule has 0 bridgehead atoms. The lowest BCUT2D eigenvalue weighted by atomic mass is 10.1. The van der Waals surface area contributed by atoms with Gasteiger partial charge < -0.3 is 21.1 Å². The molecule has 6 nitrogen and oxygen atoms in total. The number of hydrogen-bond donors (Lipinski definition) is 3. The van der Waals surface area contributed by atoms with Crippen LogP contribution in [0.5, 0.6) is 5.75 Å². The SMILES string of the molecule is CCc1ccc(NC(=O)c2ccc(OC)cc2)cc1NC(=O)CN. The summed E-state index contributed by atoms with van der Waals surface area (Å²) in [6.07, 6.45) is 0.757. The van der Waals surface area contributed by atoms with E-state index in [0.717, 1.165) is 12.0 Å². The fourth-order valence-electron chi connectivity index (χ4n) is 2.23. The molecule has 2 amide bonds. The first-order valence-corrected chi connectivity index (χ1v) is 7.65. The Morgan fingerprint density at radius 2 is 1.79 bits per heavy atom. The van der Waals surface area contributed by atoms with E-state index in [0.29, 0.717) is 22.7 Å². The number of aryl methyl sites for hydroxylation is 1. The second-order valence-electron chi connectivity index (χ2n) is 5.16. The number of nitrogens with two attached hydrogens (primary N) is 1. The van der Waals surface area contributed by atoms with Crippen LogP contribution in [0.1, 0.15) is 22.8 Å². The van der Waals surface area contributed by atoms with E-state index in [-0.39, 0.29) is 18.4 Å². The van der Waals surface area contributed by atoms with Gasteiger partial charge in [0, 0.05) is 16.9 Å². The Hall–Kier alpha value is -2.86. The number of carbonyl (C=O) groups is 2. The van der Waals surface area contributed by atoms with Gasteiger partial charge in [-0.2, -0.15) is 0 Å². The Bertz CT molecular complexity index is 727. The quantitative estimate of drug-likeness (QED) is 0.759. The van der Waals surface area contributed by atoms with Crippen LogP contribution in [-0.2, 0) is 11.2 Å². The first-order chi connectivity index (χ1) is 11.6. The average Bonchev–Trinajstić information content (AvgIpc) is 2.62. The van der Waals surface area contributed by atoms with Gasteiger partial charge in [-0.15, -0.1) is 0 Å². The maximum Gasteiger partial charge on any atom is 0.255 e. The van der Waals surface area contributed by atoms with Crippen LogP contribution in [0.2, 0.25) is 0 Å². The molecule has 4 N–H and O–H groups in total. The van der Waals surface area contributed by atoms with E-state index in [2.05, 4.69) is 10.6 Å². The smallest absolute Gasteiger partial charge is 0.255 e. The molecule has 0 aliphatic heterocycles. The molecule has 0 aromatic heterocycles. The molecule has 0 radical (unpaired) electrons. The van der Waals surface area contributed by atoms with Gasteiger partial charge in [-0.3, -0.25) is 9.59 Å². The third kappa shape index (κ3) is 4.33. The summed E-state index contributed by atoms with van der Waals surface area (Å²) < 4.78 is 5.07. The minimum Gasteiger partial charge on any atom is -0.497 e. The molecule has 0 saturated heterocycles. The Morgan fingerprint density at radius 1 is 1.08 bits per heavy atom.